The van der Waals surface area contributed by atoms with Crippen LogP contribution in [0.1, 0.15) is 22.5 Å². The molecule has 0 spiro atoms. The molecule has 0 fully saturated rings. The summed E-state index contributed by atoms with van der Waals surface area (Å²) in [4.78, 5) is 16.1. The molecule has 5 nitrogen and oxygen atoms in total. The highest BCUT2D eigenvalue weighted by molar-refractivity contribution is 5.99. The van der Waals surface area contributed by atoms with Crippen LogP contribution in [0.2, 0.25) is 0 Å². The standard InChI is InChI=1S/C15H12F2N4O/c1-18-15(22)10-8-19-21-12(13(16)17)7-11(20-14(10)21)9-5-3-2-4-6-9/h2-8,13H,1H3,(H,18,22). The molecule has 0 saturated carbocycles. The zero-order valence-corrected chi connectivity index (χ0v) is 11.6. The van der Waals surface area contributed by atoms with Gasteiger partial charge in [0.05, 0.1) is 11.9 Å². The third-order valence-corrected chi connectivity index (χ3v) is 3.26. The van der Waals surface area contributed by atoms with Crippen molar-refractivity contribution in [1.82, 2.24) is 19.9 Å². The van der Waals surface area contributed by atoms with Crippen LogP contribution in [-0.4, -0.2) is 27.6 Å². The summed E-state index contributed by atoms with van der Waals surface area (Å²) in [5.74, 6) is -0.423. The van der Waals surface area contributed by atoms with Crippen LogP contribution >= 0.6 is 0 Å². The van der Waals surface area contributed by atoms with Gasteiger partial charge in [0.25, 0.3) is 12.3 Å². The second kappa shape index (κ2) is 5.51. The van der Waals surface area contributed by atoms with E-state index in [0.717, 1.165) is 4.52 Å². The first-order chi connectivity index (χ1) is 10.6. The SMILES string of the molecule is CNC(=O)c1cnn2c(C(F)F)cc(-c3ccccc3)nc12. The Morgan fingerprint density at radius 3 is 2.64 bits per heavy atom. The highest BCUT2D eigenvalue weighted by atomic mass is 19.3. The zero-order chi connectivity index (χ0) is 15.7. The van der Waals surface area contributed by atoms with E-state index in [1.54, 1.807) is 24.3 Å². The number of hydrogen-bond acceptors (Lipinski definition) is 3. The van der Waals surface area contributed by atoms with Crippen LogP contribution in [0.15, 0.2) is 42.6 Å². The second-order valence-electron chi connectivity index (χ2n) is 4.61. The number of hydrogen-bond donors (Lipinski definition) is 1. The number of benzene rings is 1. The van der Waals surface area contributed by atoms with Gasteiger partial charge < -0.3 is 5.32 Å². The molecule has 3 rings (SSSR count). The van der Waals surface area contributed by atoms with Gasteiger partial charge in [0.2, 0.25) is 0 Å². The zero-order valence-electron chi connectivity index (χ0n) is 11.6. The third-order valence-electron chi connectivity index (χ3n) is 3.26. The minimum atomic E-state index is -2.73. The number of carbonyl (C=O) groups excluding carboxylic acids is 1. The summed E-state index contributed by atoms with van der Waals surface area (Å²) in [6.07, 6.45) is -1.49. The minimum Gasteiger partial charge on any atom is -0.355 e. The van der Waals surface area contributed by atoms with E-state index >= 15 is 0 Å². The number of rotatable bonds is 3. The molecule has 2 aromatic heterocycles. The molecule has 112 valence electrons. The van der Waals surface area contributed by atoms with E-state index in [2.05, 4.69) is 15.4 Å². The first-order valence-electron chi connectivity index (χ1n) is 6.56. The predicted octanol–water partition coefficient (Wildman–Crippen LogP) is 2.69. The van der Waals surface area contributed by atoms with Crippen molar-refractivity contribution in [2.75, 3.05) is 7.05 Å². The average molecular weight is 302 g/mol. The molecular formula is C15H12F2N4O. The van der Waals surface area contributed by atoms with Crippen LogP contribution in [0.4, 0.5) is 8.78 Å². The van der Waals surface area contributed by atoms with Gasteiger partial charge in [-0.25, -0.2) is 18.3 Å². The number of nitrogens with one attached hydrogen (secondary N) is 1. The summed E-state index contributed by atoms with van der Waals surface area (Å²) >= 11 is 0. The third kappa shape index (κ3) is 2.30. The van der Waals surface area contributed by atoms with E-state index in [4.69, 9.17) is 0 Å². The molecule has 7 heteroatoms. The van der Waals surface area contributed by atoms with Crippen molar-refractivity contribution in [1.29, 1.82) is 0 Å². The van der Waals surface area contributed by atoms with Gasteiger partial charge in [0.1, 0.15) is 11.3 Å². The minimum absolute atomic E-state index is 0.107. The van der Waals surface area contributed by atoms with Crippen molar-refractivity contribution in [3.8, 4) is 11.3 Å². The fraction of sp³-hybridized carbons (Fsp3) is 0.133. The summed E-state index contributed by atoms with van der Waals surface area (Å²) < 4.78 is 27.6. The number of amides is 1. The molecule has 0 aliphatic heterocycles. The van der Waals surface area contributed by atoms with Gasteiger partial charge in [-0.1, -0.05) is 30.3 Å². The Hall–Kier alpha value is -2.83. The number of carbonyl (C=O) groups is 1. The number of alkyl halides is 2. The van der Waals surface area contributed by atoms with Gasteiger partial charge in [-0.05, 0) is 6.07 Å². The Balaban J connectivity index is 2.29. The molecule has 0 bridgehead atoms. The van der Waals surface area contributed by atoms with Crippen LogP contribution in [-0.2, 0) is 0 Å². The van der Waals surface area contributed by atoms with Gasteiger partial charge in [0.15, 0.2) is 5.65 Å². The molecule has 0 radical (unpaired) electrons. The van der Waals surface area contributed by atoms with Crippen molar-refractivity contribution in [3.05, 3.63) is 53.9 Å². The summed E-state index contributed by atoms with van der Waals surface area (Å²) in [7, 11) is 1.46. The van der Waals surface area contributed by atoms with E-state index in [1.807, 2.05) is 6.07 Å². The van der Waals surface area contributed by atoms with Crippen molar-refractivity contribution < 1.29 is 13.6 Å². The van der Waals surface area contributed by atoms with Gasteiger partial charge in [0, 0.05) is 12.6 Å². The fourth-order valence-corrected chi connectivity index (χ4v) is 2.19. The Morgan fingerprint density at radius 1 is 1.27 bits per heavy atom. The molecule has 1 aromatic carbocycles. The molecule has 3 aromatic rings. The van der Waals surface area contributed by atoms with Crippen LogP contribution in [0.25, 0.3) is 16.9 Å². The summed E-state index contributed by atoms with van der Waals surface area (Å²) in [6.45, 7) is 0. The quantitative estimate of drug-likeness (QED) is 0.809. The summed E-state index contributed by atoms with van der Waals surface area (Å²) in [6, 6.07) is 10.2. The largest absolute Gasteiger partial charge is 0.355 e. The van der Waals surface area contributed by atoms with Crippen LogP contribution in [0, 0.1) is 0 Å². The number of halogens is 2. The molecule has 0 saturated heterocycles. The predicted molar refractivity (Wildman–Crippen MR) is 76.8 cm³/mol. The van der Waals surface area contributed by atoms with Crippen molar-refractivity contribution in [2.24, 2.45) is 0 Å². The van der Waals surface area contributed by atoms with Crippen LogP contribution in [0.3, 0.4) is 0 Å². The van der Waals surface area contributed by atoms with Crippen LogP contribution in [0.5, 0.6) is 0 Å². The van der Waals surface area contributed by atoms with Gasteiger partial charge in [-0.3, -0.25) is 4.79 Å². The number of nitrogens with zero attached hydrogens (tertiary/aromatic N) is 3. The highest BCUT2D eigenvalue weighted by Crippen LogP contribution is 2.26. The lowest BCUT2D eigenvalue weighted by Gasteiger charge is -2.08. The van der Waals surface area contributed by atoms with Gasteiger partial charge >= 0.3 is 0 Å². The van der Waals surface area contributed by atoms with E-state index in [0.29, 0.717) is 11.3 Å². The maximum Gasteiger partial charge on any atom is 0.280 e. The maximum absolute atomic E-state index is 13.3. The molecule has 1 amide bonds. The van der Waals surface area contributed by atoms with Crippen molar-refractivity contribution in [3.63, 3.8) is 0 Å². The molecule has 1 N–H and O–H groups in total. The number of fused-ring (bicyclic) bond motifs is 1. The first kappa shape index (κ1) is 14.1. The Kier molecular flexibility index (Phi) is 3.54. The molecule has 0 atom stereocenters. The summed E-state index contributed by atoms with van der Waals surface area (Å²) in [5, 5.41) is 6.30. The van der Waals surface area contributed by atoms with E-state index in [-0.39, 0.29) is 16.9 Å². The number of aromatic nitrogens is 3. The fourth-order valence-electron chi connectivity index (χ4n) is 2.19. The lowest BCUT2D eigenvalue weighted by Crippen LogP contribution is -2.18. The Labute approximate surface area is 124 Å². The summed E-state index contributed by atoms with van der Waals surface area (Å²) in [5.41, 5.74) is 1.02. The van der Waals surface area contributed by atoms with Crippen molar-refractivity contribution in [2.45, 2.75) is 6.43 Å². The van der Waals surface area contributed by atoms with Gasteiger partial charge in [-0.2, -0.15) is 5.10 Å². The van der Waals surface area contributed by atoms with E-state index < -0.39 is 12.3 Å². The second-order valence-corrected chi connectivity index (χ2v) is 4.61. The lowest BCUT2D eigenvalue weighted by molar-refractivity contribution is 0.0964. The molecule has 0 unspecified atom stereocenters. The highest BCUT2D eigenvalue weighted by Gasteiger charge is 2.20. The van der Waals surface area contributed by atoms with Crippen molar-refractivity contribution >= 4 is 11.6 Å². The maximum atomic E-state index is 13.3. The lowest BCUT2D eigenvalue weighted by atomic mass is 10.1. The first-order valence-corrected chi connectivity index (χ1v) is 6.56. The van der Waals surface area contributed by atoms with E-state index in [1.165, 1.54) is 19.3 Å². The monoisotopic (exact) mass is 302 g/mol. The molecule has 2 heterocycles. The molecule has 0 aliphatic rings. The van der Waals surface area contributed by atoms with E-state index in [9.17, 15) is 13.6 Å². The molecule has 0 aliphatic carbocycles. The Bertz CT molecular complexity index is 830. The smallest absolute Gasteiger partial charge is 0.280 e. The Morgan fingerprint density at radius 2 is 2.00 bits per heavy atom. The topological polar surface area (TPSA) is 59.3 Å². The average Bonchev–Trinajstić information content (AvgIpc) is 2.97. The molecule has 22 heavy (non-hydrogen) atoms. The van der Waals surface area contributed by atoms with Crippen LogP contribution < -0.4 is 5.32 Å². The van der Waals surface area contributed by atoms with Gasteiger partial charge in [-0.15, -0.1) is 0 Å². The normalized spacial score (nSPS) is 11.1. The molecular weight excluding hydrogens is 290 g/mol.